The van der Waals surface area contributed by atoms with Gasteiger partial charge in [-0.2, -0.15) is 0 Å². The van der Waals surface area contributed by atoms with Gasteiger partial charge < -0.3 is 15.3 Å². The number of hydrogen-bond acceptors (Lipinski definition) is 3. The van der Waals surface area contributed by atoms with E-state index < -0.39 is 12.2 Å². The summed E-state index contributed by atoms with van der Waals surface area (Å²) in [5.41, 5.74) is 0. The van der Waals surface area contributed by atoms with Crippen LogP contribution in [0.2, 0.25) is 0 Å². The van der Waals surface area contributed by atoms with Crippen molar-refractivity contribution < 1.29 is 15.3 Å². The summed E-state index contributed by atoms with van der Waals surface area (Å²) in [6.07, 6.45) is 3.71. The quantitative estimate of drug-likeness (QED) is 0.572. The van der Waals surface area contributed by atoms with Crippen LogP contribution in [0.1, 0.15) is 25.7 Å². The Bertz CT molecular complexity index is 181. The number of aliphatic hydroxyl groups is 3. The molecule has 3 heteroatoms. The van der Waals surface area contributed by atoms with Crippen molar-refractivity contribution in [2.45, 2.75) is 37.9 Å². The molecule has 0 bridgehead atoms. The van der Waals surface area contributed by atoms with Gasteiger partial charge >= 0.3 is 0 Å². The lowest BCUT2D eigenvalue weighted by molar-refractivity contribution is -0.000749. The Labute approximate surface area is 85.1 Å². The molecule has 0 saturated heterocycles. The fourth-order valence-corrected chi connectivity index (χ4v) is 2.30. The van der Waals surface area contributed by atoms with Gasteiger partial charge in [-0.05, 0) is 37.5 Å². The minimum absolute atomic E-state index is 0.0600. The molecule has 82 valence electrons. The molecule has 3 nitrogen and oxygen atoms in total. The summed E-state index contributed by atoms with van der Waals surface area (Å²) in [4.78, 5) is 0. The average molecular weight is 200 g/mol. The van der Waals surface area contributed by atoms with Crippen LogP contribution in [0.5, 0.6) is 0 Å². The van der Waals surface area contributed by atoms with E-state index in [-0.39, 0.29) is 18.4 Å². The second-order valence-electron chi connectivity index (χ2n) is 4.12. The topological polar surface area (TPSA) is 60.7 Å². The first-order valence-electron chi connectivity index (χ1n) is 5.28. The molecule has 1 aliphatic carbocycles. The second kappa shape index (κ2) is 5.49. The predicted octanol–water partition coefficient (Wildman–Crippen LogP) is 0.693. The highest BCUT2D eigenvalue weighted by Crippen LogP contribution is 2.36. The molecule has 0 aliphatic heterocycles. The maximum absolute atomic E-state index is 9.72. The maximum Gasteiger partial charge on any atom is 0.0830 e. The van der Waals surface area contributed by atoms with Crippen molar-refractivity contribution in [1.29, 1.82) is 0 Å². The van der Waals surface area contributed by atoms with Gasteiger partial charge in [-0.15, -0.1) is 6.58 Å². The van der Waals surface area contributed by atoms with Gasteiger partial charge in [-0.3, -0.25) is 0 Å². The Hall–Kier alpha value is -0.380. The van der Waals surface area contributed by atoms with Crippen LogP contribution in [0, 0.1) is 11.8 Å². The van der Waals surface area contributed by atoms with Crippen molar-refractivity contribution in [2.24, 2.45) is 11.8 Å². The second-order valence-corrected chi connectivity index (χ2v) is 4.12. The molecule has 0 radical (unpaired) electrons. The first kappa shape index (κ1) is 11.7. The lowest BCUT2D eigenvalue weighted by Crippen LogP contribution is -2.28. The summed E-state index contributed by atoms with van der Waals surface area (Å²) in [5, 5.41) is 28.2. The van der Waals surface area contributed by atoms with E-state index in [9.17, 15) is 10.2 Å². The van der Waals surface area contributed by atoms with Crippen LogP contribution in [0.4, 0.5) is 0 Å². The number of rotatable bonds is 5. The van der Waals surface area contributed by atoms with Crippen molar-refractivity contribution in [3.05, 3.63) is 12.7 Å². The molecule has 1 aliphatic rings. The molecule has 0 amide bonds. The highest BCUT2D eigenvalue weighted by molar-refractivity contribution is 4.91. The van der Waals surface area contributed by atoms with Crippen molar-refractivity contribution in [1.82, 2.24) is 0 Å². The Kier molecular flexibility index (Phi) is 4.58. The summed E-state index contributed by atoms with van der Waals surface area (Å²) < 4.78 is 0. The SMILES string of the molecule is C=CCC[C@H]1C[C@H](CCO)[C@@H](O)[C@H]1O. The predicted molar refractivity (Wildman–Crippen MR) is 54.7 cm³/mol. The molecule has 0 unspecified atom stereocenters. The molecule has 3 N–H and O–H groups in total. The standard InChI is InChI=1S/C11H20O3/c1-2-3-4-8-7-9(5-6-12)11(14)10(8)13/h2,8-14H,1,3-7H2/t8-,9-,10-,11+/m0/s1. The van der Waals surface area contributed by atoms with Crippen LogP contribution in [0.15, 0.2) is 12.7 Å². The van der Waals surface area contributed by atoms with Gasteiger partial charge in [-0.25, -0.2) is 0 Å². The molecule has 0 spiro atoms. The highest BCUT2D eigenvalue weighted by atomic mass is 16.3. The van der Waals surface area contributed by atoms with Crippen molar-refractivity contribution in [3.8, 4) is 0 Å². The minimum atomic E-state index is -0.656. The van der Waals surface area contributed by atoms with E-state index in [0.29, 0.717) is 6.42 Å². The van der Waals surface area contributed by atoms with Crippen LogP contribution < -0.4 is 0 Å². The van der Waals surface area contributed by atoms with E-state index in [0.717, 1.165) is 19.3 Å². The van der Waals surface area contributed by atoms with Gasteiger partial charge in [0.05, 0.1) is 12.2 Å². The smallest absolute Gasteiger partial charge is 0.0830 e. The van der Waals surface area contributed by atoms with Gasteiger partial charge in [0.1, 0.15) is 0 Å². The Morgan fingerprint density at radius 2 is 1.71 bits per heavy atom. The Balaban J connectivity index is 2.44. The molecular weight excluding hydrogens is 180 g/mol. The van der Waals surface area contributed by atoms with Gasteiger partial charge in [-0.1, -0.05) is 6.08 Å². The molecule has 1 rings (SSSR count). The fourth-order valence-electron chi connectivity index (χ4n) is 2.30. The van der Waals surface area contributed by atoms with E-state index in [2.05, 4.69) is 6.58 Å². The lowest BCUT2D eigenvalue weighted by Gasteiger charge is -2.16. The largest absolute Gasteiger partial charge is 0.396 e. The third-order valence-electron chi connectivity index (χ3n) is 3.16. The van der Waals surface area contributed by atoms with Gasteiger partial charge in [0.25, 0.3) is 0 Å². The molecular formula is C11H20O3. The molecule has 14 heavy (non-hydrogen) atoms. The molecule has 0 aromatic heterocycles. The van der Waals surface area contributed by atoms with Gasteiger partial charge in [0.15, 0.2) is 0 Å². The summed E-state index contributed by atoms with van der Waals surface area (Å²) in [5.74, 6) is 0.226. The monoisotopic (exact) mass is 200 g/mol. The molecule has 4 atom stereocenters. The van der Waals surface area contributed by atoms with E-state index in [1.165, 1.54) is 0 Å². The molecule has 1 saturated carbocycles. The van der Waals surface area contributed by atoms with Crippen LogP contribution in [0.3, 0.4) is 0 Å². The van der Waals surface area contributed by atoms with Crippen molar-refractivity contribution in [2.75, 3.05) is 6.61 Å². The Morgan fingerprint density at radius 3 is 2.21 bits per heavy atom. The lowest BCUT2D eigenvalue weighted by atomic mass is 9.98. The zero-order valence-corrected chi connectivity index (χ0v) is 8.47. The minimum Gasteiger partial charge on any atom is -0.396 e. The molecule has 0 heterocycles. The maximum atomic E-state index is 9.72. The molecule has 0 aromatic rings. The van der Waals surface area contributed by atoms with Crippen molar-refractivity contribution >= 4 is 0 Å². The Morgan fingerprint density at radius 1 is 1.14 bits per heavy atom. The highest BCUT2D eigenvalue weighted by Gasteiger charge is 2.40. The first-order chi connectivity index (χ1) is 6.70. The number of allylic oxidation sites excluding steroid dienone is 1. The molecule has 1 fully saturated rings. The average Bonchev–Trinajstić information content (AvgIpc) is 2.44. The third-order valence-corrected chi connectivity index (χ3v) is 3.16. The van der Waals surface area contributed by atoms with Gasteiger partial charge in [0, 0.05) is 6.61 Å². The van der Waals surface area contributed by atoms with E-state index in [4.69, 9.17) is 5.11 Å². The summed E-state index contributed by atoms with van der Waals surface area (Å²) >= 11 is 0. The van der Waals surface area contributed by atoms with Crippen LogP contribution in [-0.4, -0.2) is 34.1 Å². The van der Waals surface area contributed by atoms with E-state index in [1.54, 1.807) is 0 Å². The summed E-state index contributed by atoms with van der Waals surface area (Å²) in [7, 11) is 0. The van der Waals surface area contributed by atoms with Crippen LogP contribution >= 0.6 is 0 Å². The third kappa shape index (κ3) is 2.56. The van der Waals surface area contributed by atoms with E-state index >= 15 is 0 Å². The van der Waals surface area contributed by atoms with Crippen LogP contribution in [-0.2, 0) is 0 Å². The fraction of sp³-hybridized carbons (Fsp3) is 0.818. The van der Waals surface area contributed by atoms with Crippen molar-refractivity contribution in [3.63, 3.8) is 0 Å². The first-order valence-corrected chi connectivity index (χ1v) is 5.28. The summed E-state index contributed by atoms with van der Waals surface area (Å²) in [6, 6.07) is 0. The van der Waals surface area contributed by atoms with Crippen LogP contribution in [0.25, 0.3) is 0 Å². The number of hydrogen-bond donors (Lipinski definition) is 3. The zero-order valence-electron chi connectivity index (χ0n) is 8.47. The normalized spacial score (nSPS) is 37.4. The van der Waals surface area contributed by atoms with Gasteiger partial charge in [0.2, 0.25) is 0 Å². The van der Waals surface area contributed by atoms with E-state index in [1.807, 2.05) is 6.08 Å². The number of aliphatic hydroxyl groups excluding tert-OH is 3. The zero-order chi connectivity index (χ0) is 10.6. The summed E-state index contributed by atoms with van der Waals surface area (Å²) in [6.45, 7) is 3.72. The molecule has 0 aromatic carbocycles.